The second-order valence-corrected chi connectivity index (χ2v) is 6.69. The number of hydrogen-bond donors (Lipinski definition) is 1. The van der Waals surface area contributed by atoms with Crippen molar-refractivity contribution < 1.29 is 9.84 Å². The van der Waals surface area contributed by atoms with E-state index < -0.39 is 5.60 Å². The van der Waals surface area contributed by atoms with Gasteiger partial charge in [-0.2, -0.15) is 15.8 Å². The maximum Gasteiger partial charge on any atom is 0.172 e. The molecule has 0 bridgehead atoms. The van der Waals surface area contributed by atoms with Gasteiger partial charge < -0.3 is 14.7 Å². The second kappa shape index (κ2) is 8.33. The van der Waals surface area contributed by atoms with Crippen LogP contribution < -0.4 is 4.90 Å². The van der Waals surface area contributed by atoms with Crippen LogP contribution in [0.2, 0.25) is 0 Å². The van der Waals surface area contributed by atoms with Crippen molar-refractivity contribution in [3.63, 3.8) is 0 Å². The average molecular weight is 374 g/mol. The van der Waals surface area contributed by atoms with Crippen molar-refractivity contribution in [3.05, 3.63) is 52.3 Å². The summed E-state index contributed by atoms with van der Waals surface area (Å²) in [6.07, 6.45) is 3.38. The zero-order valence-electron chi connectivity index (χ0n) is 16.4. The van der Waals surface area contributed by atoms with Crippen LogP contribution in [0.1, 0.15) is 33.3 Å². The smallest absolute Gasteiger partial charge is 0.172 e. The van der Waals surface area contributed by atoms with Crippen LogP contribution in [0.15, 0.2) is 46.8 Å². The lowest BCUT2D eigenvalue weighted by Crippen LogP contribution is -2.21. The predicted octanol–water partition coefficient (Wildman–Crippen LogP) is 4.18. The van der Waals surface area contributed by atoms with Gasteiger partial charge in [-0.15, -0.1) is 0 Å². The Balaban J connectivity index is 2.49. The van der Waals surface area contributed by atoms with Crippen LogP contribution in [-0.4, -0.2) is 23.8 Å². The van der Waals surface area contributed by atoms with E-state index in [1.807, 2.05) is 32.0 Å². The summed E-state index contributed by atoms with van der Waals surface area (Å²) in [5, 5.41) is 38.2. The molecule has 0 amide bonds. The van der Waals surface area contributed by atoms with E-state index in [1.54, 1.807) is 44.2 Å². The number of allylic oxidation sites excluding steroid dienone is 2. The normalized spacial score (nSPS) is 15.0. The highest BCUT2D eigenvalue weighted by Gasteiger charge is 2.38. The summed E-state index contributed by atoms with van der Waals surface area (Å²) in [5.41, 5.74) is 1.10. The number of ether oxygens (including phenoxy) is 1. The molecule has 0 saturated carbocycles. The van der Waals surface area contributed by atoms with Crippen molar-refractivity contribution in [3.8, 4) is 24.0 Å². The Morgan fingerprint density at radius 3 is 2.29 bits per heavy atom. The lowest BCUT2D eigenvalue weighted by molar-refractivity contribution is 0.0954. The third-order valence-electron chi connectivity index (χ3n) is 4.64. The first kappa shape index (κ1) is 20.6. The van der Waals surface area contributed by atoms with Gasteiger partial charge in [0.1, 0.15) is 35.1 Å². The number of rotatable bonds is 5. The van der Waals surface area contributed by atoms with Crippen LogP contribution in [0, 0.1) is 34.0 Å². The molecule has 1 heterocycles. The average Bonchev–Trinajstić information content (AvgIpc) is 2.93. The molecular formula is C22H22N4O2. The third kappa shape index (κ3) is 3.85. The van der Waals surface area contributed by atoms with Gasteiger partial charge in [-0.25, -0.2) is 0 Å². The topological polar surface area (TPSA) is 104 Å². The summed E-state index contributed by atoms with van der Waals surface area (Å²) in [4.78, 5) is 2.12. The van der Waals surface area contributed by atoms with Crippen LogP contribution in [0.5, 0.6) is 5.75 Å². The second-order valence-electron chi connectivity index (χ2n) is 6.69. The minimum absolute atomic E-state index is 0.00162. The molecule has 0 spiro atoms. The van der Waals surface area contributed by atoms with Gasteiger partial charge in [-0.05, 0) is 39.8 Å². The SMILES string of the molecule is CCN(CC)c1ccc(C=CC2=C(C#N)C(=C(C#N)C#N)OC2(C)C)c(O)c1. The van der Waals surface area contributed by atoms with E-state index in [1.165, 1.54) is 0 Å². The van der Waals surface area contributed by atoms with Gasteiger partial charge in [0.15, 0.2) is 11.3 Å². The van der Waals surface area contributed by atoms with Crippen molar-refractivity contribution in [1.82, 2.24) is 0 Å². The van der Waals surface area contributed by atoms with Crippen LogP contribution in [-0.2, 0) is 4.74 Å². The quantitative estimate of drug-likeness (QED) is 0.775. The Bertz CT molecular complexity index is 975. The van der Waals surface area contributed by atoms with Gasteiger partial charge in [0.05, 0.1) is 0 Å². The Hall–Kier alpha value is -3.69. The predicted molar refractivity (Wildman–Crippen MR) is 107 cm³/mol. The first-order valence-electron chi connectivity index (χ1n) is 8.97. The Kier molecular flexibility index (Phi) is 6.14. The minimum Gasteiger partial charge on any atom is -0.507 e. The zero-order chi connectivity index (χ0) is 20.9. The molecule has 142 valence electrons. The molecule has 0 radical (unpaired) electrons. The first-order chi connectivity index (χ1) is 13.3. The largest absolute Gasteiger partial charge is 0.507 e. The number of hydrogen-bond acceptors (Lipinski definition) is 6. The molecule has 1 aliphatic heterocycles. The highest BCUT2D eigenvalue weighted by Crippen LogP contribution is 2.40. The zero-order valence-corrected chi connectivity index (χ0v) is 16.4. The first-order valence-corrected chi connectivity index (χ1v) is 8.97. The number of nitriles is 3. The van der Waals surface area contributed by atoms with Gasteiger partial charge in [-0.1, -0.05) is 12.2 Å². The number of nitrogens with zero attached hydrogens (tertiary/aromatic N) is 4. The molecule has 6 heteroatoms. The molecule has 6 nitrogen and oxygen atoms in total. The highest BCUT2D eigenvalue weighted by molar-refractivity contribution is 5.68. The Morgan fingerprint density at radius 2 is 1.79 bits per heavy atom. The van der Waals surface area contributed by atoms with E-state index in [0.717, 1.165) is 18.8 Å². The van der Waals surface area contributed by atoms with Crippen LogP contribution in [0.4, 0.5) is 5.69 Å². The fourth-order valence-corrected chi connectivity index (χ4v) is 3.11. The van der Waals surface area contributed by atoms with Crippen LogP contribution in [0.3, 0.4) is 0 Å². The summed E-state index contributed by atoms with van der Waals surface area (Å²) < 4.78 is 5.72. The van der Waals surface area contributed by atoms with Gasteiger partial charge in [0.25, 0.3) is 0 Å². The van der Waals surface area contributed by atoms with Crippen molar-refractivity contribution in [2.75, 3.05) is 18.0 Å². The summed E-state index contributed by atoms with van der Waals surface area (Å²) in [6, 6.07) is 11.0. The van der Waals surface area contributed by atoms with Crippen molar-refractivity contribution >= 4 is 11.8 Å². The standard InChI is InChI=1S/C22H22N4O2/c1-5-26(6-2)17-9-7-15(20(27)11-17)8-10-19-18(14-25)21(16(12-23)13-24)28-22(19,3)4/h7-11,27H,5-6H2,1-4H3. The Labute approximate surface area is 165 Å². The lowest BCUT2D eigenvalue weighted by Gasteiger charge is -2.21. The lowest BCUT2D eigenvalue weighted by atomic mass is 9.94. The molecule has 1 aromatic carbocycles. The maximum atomic E-state index is 10.4. The molecule has 2 rings (SSSR count). The Morgan fingerprint density at radius 1 is 1.14 bits per heavy atom. The van der Waals surface area contributed by atoms with E-state index in [2.05, 4.69) is 4.90 Å². The molecule has 1 N–H and O–H groups in total. The van der Waals surface area contributed by atoms with Crippen molar-refractivity contribution in [2.45, 2.75) is 33.3 Å². The molecule has 0 fully saturated rings. The van der Waals surface area contributed by atoms with E-state index in [4.69, 9.17) is 15.3 Å². The van der Waals surface area contributed by atoms with Crippen molar-refractivity contribution in [1.29, 1.82) is 15.8 Å². The molecule has 0 aromatic heterocycles. The summed E-state index contributed by atoms with van der Waals surface area (Å²) in [6.45, 7) is 9.29. The maximum absolute atomic E-state index is 10.4. The van der Waals surface area contributed by atoms with Gasteiger partial charge in [-0.3, -0.25) is 0 Å². The number of anilines is 1. The molecule has 0 aliphatic carbocycles. The molecule has 0 unspecified atom stereocenters. The minimum atomic E-state index is -0.882. The van der Waals surface area contributed by atoms with E-state index in [-0.39, 0.29) is 22.7 Å². The van der Waals surface area contributed by atoms with Crippen LogP contribution >= 0.6 is 0 Å². The number of benzene rings is 1. The van der Waals surface area contributed by atoms with Gasteiger partial charge in [0, 0.05) is 36.0 Å². The molecule has 28 heavy (non-hydrogen) atoms. The third-order valence-corrected chi connectivity index (χ3v) is 4.64. The van der Waals surface area contributed by atoms with Crippen molar-refractivity contribution in [2.24, 2.45) is 0 Å². The molecule has 0 atom stereocenters. The van der Waals surface area contributed by atoms with E-state index in [0.29, 0.717) is 11.1 Å². The molecule has 0 saturated heterocycles. The van der Waals surface area contributed by atoms with Gasteiger partial charge >= 0.3 is 0 Å². The summed E-state index contributed by atoms with van der Waals surface area (Å²) in [7, 11) is 0. The number of phenolic OH excluding ortho intramolecular Hbond substituents is 1. The van der Waals surface area contributed by atoms with E-state index >= 15 is 0 Å². The summed E-state index contributed by atoms with van der Waals surface area (Å²) >= 11 is 0. The number of aromatic hydroxyl groups is 1. The summed E-state index contributed by atoms with van der Waals surface area (Å²) in [5.74, 6) is 0.125. The number of phenols is 1. The fourth-order valence-electron chi connectivity index (χ4n) is 3.11. The monoisotopic (exact) mass is 374 g/mol. The molecular weight excluding hydrogens is 352 g/mol. The molecule has 1 aromatic rings. The van der Waals surface area contributed by atoms with Crippen LogP contribution in [0.25, 0.3) is 6.08 Å². The van der Waals surface area contributed by atoms with Gasteiger partial charge in [0.2, 0.25) is 0 Å². The van der Waals surface area contributed by atoms with E-state index in [9.17, 15) is 10.4 Å². The highest BCUT2D eigenvalue weighted by atomic mass is 16.5. The molecule has 1 aliphatic rings. The fraction of sp³-hybridized carbons (Fsp3) is 0.318.